The van der Waals surface area contributed by atoms with Gasteiger partial charge in [0.2, 0.25) is 0 Å². The molecule has 0 radical (unpaired) electrons. The SMILES string of the molecule is CC(C)Oc1cc([N+](=O)[O-])c(OC(C)C)cc1Cl. The molecule has 6 heteroatoms. The second-order valence-electron chi connectivity index (χ2n) is 4.34. The summed E-state index contributed by atoms with van der Waals surface area (Å²) in [6.07, 6.45) is -0.282. The first-order valence-electron chi connectivity index (χ1n) is 5.62. The molecular weight excluding hydrogens is 258 g/mol. The number of hydrogen-bond acceptors (Lipinski definition) is 4. The van der Waals surface area contributed by atoms with Gasteiger partial charge in [-0.05, 0) is 27.7 Å². The molecule has 0 bridgehead atoms. The predicted molar refractivity (Wildman–Crippen MR) is 69.6 cm³/mol. The third-order valence-electron chi connectivity index (χ3n) is 1.94. The van der Waals surface area contributed by atoms with Crippen molar-refractivity contribution in [3.63, 3.8) is 0 Å². The molecule has 0 fully saturated rings. The lowest BCUT2D eigenvalue weighted by atomic mass is 10.2. The highest BCUT2D eigenvalue weighted by Gasteiger charge is 2.21. The van der Waals surface area contributed by atoms with Gasteiger partial charge in [-0.1, -0.05) is 11.6 Å². The van der Waals surface area contributed by atoms with Gasteiger partial charge in [0, 0.05) is 6.07 Å². The first kappa shape index (κ1) is 14.6. The van der Waals surface area contributed by atoms with E-state index in [1.807, 2.05) is 13.8 Å². The lowest BCUT2D eigenvalue weighted by Gasteiger charge is -2.14. The van der Waals surface area contributed by atoms with Gasteiger partial charge in [0.15, 0.2) is 5.75 Å². The van der Waals surface area contributed by atoms with E-state index in [2.05, 4.69) is 0 Å². The van der Waals surface area contributed by atoms with Crippen LogP contribution in [0.15, 0.2) is 12.1 Å². The summed E-state index contributed by atoms with van der Waals surface area (Å²) in [5.41, 5.74) is -0.149. The summed E-state index contributed by atoms with van der Waals surface area (Å²) >= 11 is 6.01. The zero-order chi connectivity index (χ0) is 13.9. The van der Waals surface area contributed by atoms with Crippen LogP contribution in [0, 0.1) is 10.1 Å². The van der Waals surface area contributed by atoms with Crippen LogP contribution in [0.2, 0.25) is 5.02 Å². The summed E-state index contributed by atoms with van der Waals surface area (Å²) < 4.78 is 10.8. The van der Waals surface area contributed by atoms with Gasteiger partial charge in [-0.2, -0.15) is 0 Å². The Morgan fingerprint density at radius 3 is 2.06 bits per heavy atom. The van der Waals surface area contributed by atoms with Crippen molar-refractivity contribution in [2.75, 3.05) is 0 Å². The van der Waals surface area contributed by atoms with E-state index >= 15 is 0 Å². The summed E-state index contributed by atoms with van der Waals surface area (Å²) in [7, 11) is 0. The van der Waals surface area contributed by atoms with Crippen LogP contribution < -0.4 is 9.47 Å². The number of rotatable bonds is 5. The molecule has 0 saturated carbocycles. The highest BCUT2D eigenvalue weighted by Crippen LogP contribution is 2.38. The number of nitrogens with zero attached hydrogens (tertiary/aromatic N) is 1. The van der Waals surface area contributed by atoms with E-state index in [4.69, 9.17) is 21.1 Å². The van der Waals surface area contributed by atoms with Crippen molar-refractivity contribution >= 4 is 17.3 Å². The van der Waals surface area contributed by atoms with Crippen LogP contribution in [-0.2, 0) is 0 Å². The summed E-state index contributed by atoms with van der Waals surface area (Å²) in [5.74, 6) is 0.436. The van der Waals surface area contributed by atoms with Gasteiger partial charge in [0.05, 0.1) is 28.2 Å². The molecule has 0 heterocycles. The number of halogens is 1. The summed E-state index contributed by atoms with van der Waals surface area (Å²) in [6.45, 7) is 7.22. The fourth-order valence-corrected chi connectivity index (χ4v) is 1.56. The molecule has 0 atom stereocenters. The van der Waals surface area contributed by atoms with Crippen LogP contribution in [0.1, 0.15) is 27.7 Å². The molecule has 0 aliphatic heterocycles. The molecule has 0 N–H and O–H groups in total. The smallest absolute Gasteiger partial charge is 0.314 e. The van der Waals surface area contributed by atoms with Crippen LogP contribution in [-0.4, -0.2) is 17.1 Å². The fourth-order valence-electron chi connectivity index (χ4n) is 1.36. The molecule has 0 unspecified atom stereocenters. The number of benzene rings is 1. The van der Waals surface area contributed by atoms with Gasteiger partial charge in [-0.25, -0.2) is 0 Å². The Bertz CT molecular complexity index is 446. The molecule has 1 rings (SSSR count). The van der Waals surface area contributed by atoms with Crippen molar-refractivity contribution in [2.24, 2.45) is 0 Å². The first-order valence-corrected chi connectivity index (χ1v) is 6.00. The van der Waals surface area contributed by atoms with Crippen molar-refractivity contribution in [2.45, 2.75) is 39.9 Å². The average Bonchev–Trinajstić information content (AvgIpc) is 2.19. The predicted octanol–water partition coefficient (Wildman–Crippen LogP) is 3.82. The van der Waals surface area contributed by atoms with Crippen molar-refractivity contribution in [3.05, 3.63) is 27.3 Å². The van der Waals surface area contributed by atoms with Crippen molar-refractivity contribution < 1.29 is 14.4 Å². The van der Waals surface area contributed by atoms with Gasteiger partial charge in [-0.15, -0.1) is 0 Å². The van der Waals surface area contributed by atoms with E-state index in [0.717, 1.165) is 0 Å². The average molecular weight is 274 g/mol. The first-order chi connectivity index (χ1) is 8.31. The molecule has 0 saturated heterocycles. The second kappa shape index (κ2) is 5.91. The minimum atomic E-state index is -0.513. The van der Waals surface area contributed by atoms with Gasteiger partial charge < -0.3 is 9.47 Å². The Hall–Kier alpha value is -1.49. The fraction of sp³-hybridized carbons (Fsp3) is 0.500. The maximum atomic E-state index is 11.0. The minimum absolute atomic E-state index is 0.112. The van der Waals surface area contributed by atoms with Crippen LogP contribution in [0.3, 0.4) is 0 Å². The molecular formula is C12H16ClNO4. The molecule has 18 heavy (non-hydrogen) atoms. The Balaban J connectivity index is 3.20. The Morgan fingerprint density at radius 1 is 1.11 bits per heavy atom. The number of hydrogen-bond donors (Lipinski definition) is 0. The van der Waals surface area contributed by atoms with Gasteiger partial charge in [0.25, 0.3) is 0 Å². The Labute approximate surface area is 111 Å². The van der Waals surface area contributed by atoms with Gasteiger partial charge in [-0.3, -0.25) is 10.1 Å². The van der Waals surface area contributed by atoms with Crippen molar-refractivity contribution in [3.8, 4) is 11.5 Å². The zero-order valence-electron chi connectivity index (χ0n) is 10.8. The normalized spacial score (nSPS) is 10.8. The minimum Gasteiger partial charge on any atom is -0.489 e. The Kier molecular flexibility index (Phi) is 4.78. The Morgan fingerprint density at radius 2 is 1.61 bits per heavy atom. The van der Waals surface area contributed by atoms with E-state index in [1.54, 1.807) is 13.8 Å². The van der Waals surface area contributed by atoms with Crippen LogP contribution in [0.25, 0.3) is 0 Å². The number of ether oxygens (including phenoxy) is 2. The lowest BCUT2D eigenvalue weighted by molar-refractivity contribution is -0.386. The highest BCUT2D eigenvalue weighted by molar-refractivity contribution is 6.32. The number of nitro benzene ring substituents is 1. The molecule has 0 spiro atoms. The molecule has 5 nitrogen and oxygen atoms in total. The highest BCUT2D eigenvalue weighted by atomic mass is 35.5. The molecule has 0 aliphatic rings. The largest absolute Gasteiger partial charge is 0.489 e. The third-order valence-corrected chi connectivity index (χ3v) is 2.23. The molecule has 0 amide bonds. The quantitative estimate of drug-likeness (QED) is 0.604. The standard InChI is InChI=1S/C12H16ClNO4/c1-7(2)17-11-6-10(14(15)16)12(5-9(11)13)18-8(3)4/h5-8H,1-4H3. The number of nitro groups is 1. The zero-order valence-corrected chi connectivity index (χ0v) is 11.5. The molecule has 0 aromatic heterocycles. The molecule has 0 aliphatic carbocycles. The van der Waals surface area contributed by atoms with Crippen molar-refractivity contribution in [1.29, 1.82) is 0 Å². The van der Waals surface area contributed by atoms with Gasteiger partial charge >= 0.3 is 5.69 Å². The summed E-state index contributed by atoms with van der Waals surface area (Å²) in [5, 5.41) is 11.3. The summed E-state index contributed by atoms with van der Waals surface area (Å²) in [6, 6.07) is 2.71. The summed E-state index contributed by atoms with van der Waals surface area (Å²) in [4.78, 5) is 10.5. The van der Waals surface area contributed by atoms with E-state index in [0.29, 0.717) is 5.02 Å². The van der Waals surface area contributed by atoms with Crippen LogP contribution >= 0.6 is 11.6 Å². The topological polar surface area (TPSA) is 61.6 Å². The van der Waals surface area contributed by atoms with E-state index < -0.39 is 4.92 Å². The van der Waals surface area contributed by atoms with E-state index in [9.17, 15) is 10.1 Å². The van der Waals surface area contributed by atoms with Crippen LogP contribution in [0.4, 0.5) is 5.69 Å². The monoisotopic (exact) mass is 273 g/mol. The maximum Gasteiger partial charge on any atom is 0.314 e. The van der Waals surface area contributed by atoms with Crippen molar-refractivity contribution in [1.82, 2.24) is 0 Å². The van der Waals surface area contributed by atoms with E-state index in [-0.39, 0.29) is 29.4 Å². The molecule has 1 aromatic rings. The second-order valence-corrected chi connectivity index (χ2v) is 4.75. The van der Waals surface area contributed by atoms with E-state index in [1.165, 1.54) is 12.1 Å². The van der Waals surface area contributed by atoms with Crippen LogP contribution in [0.5, 0.6) is 11.5 Å². The third kappa shape index (κ3) is 3.77. The molecule has 100 valence electrons. The van der Waals surface area contributed by atoms with Gasteiger partial charge in [0.1, 0.15) is 5.75 Å². The molecule has 1 aromatic carbocycles. The lowest BCUT2D eigenvalue weighted by Crippen LogP contribution is -2.09. The maximum absolute atomic E-state index is 11.0.